The number of carbonyl (C=O) groups excluding carboxylic acids is 1. The fraction of sp³-hybridized carbons (Fsp3) is 0.348. The van der Waals surface area contributed by atoms with E-state index in [1.807, 2.05) is 13.8 Å². The lowest BCUT2D eigenvalue weighted by Crippen LogP contribution is -2.48. The van der Waals surface area contributed by atoms with Gasteiger partial charge in [-0.3, -0.25) is 9.36 Å². The van der Waals surface area contributed by atoms with Crippen LogP contribution < -0.4 is 0 Å². The molecule has 0 spiro atoms. The Kier molecular flexibility index (Phi) is 7.84. The average Bonchev–Trinajstić information content (AvgIpc) is 3.21. The zero-order valence-corrected chi connectivity index (χ0v) is 20.2. The molecule has 0 saturated carbocycles. The fourth-order valence-corrected chi connectivity index (χ4v) is 5.11. The minimum atomic E-state index is -2.52. The van der Waals surface area contributed by atoms with Gasteiger partial charge in [0.2, 0.25) is 5.91 Å². The number of benzene rings is 2. The molecule has 3 aromatic rings. The number of aromatic nitrogens is 3. The number of ether oxygens (including phenoxy) is 1. The third kappa shape index (κ3) is 5.94. The Balaban J connectivity index is 1.60. The first-order valence-corrected chi connectivity index (χ1v) is 12.5. The summed E-state index contributed by atoms with van der Waals surface area (Å²) in [4.78, 5) is 15.1. The van der Waals surface area contributed by atoms with Gasteiger partial charge in [0.05, 0.1) is 18.0 Å². The zero-order chi connectivity index (χ0) is 24.2. The van der Waals surface area contributed by atoms with Gasteiger partial charge < -0.3 is 9.64 Å². The minimum absolute atomic E-state index is 0.0314. The molecule has 11 heteroatoms. The van der Waals surface area contributed by atoms with E-state index in [0.717, 1.165) is 0 Å². The van der Waals surface area contributed by atoms with Gasteiger partial charge in [-0.05, 0) is 62.4 Å². The number of nitrogens with zero attached hydrogens (tertiary/aromatic N) is 4. The number of hydrogen-bond donors (Lipinski definition) is 0. The third-order valence-electron chi connectivity index (χ3n) is 5.15. The maximum Gasteiger partial charge on any atom is 0.288 e. The van der Waals surface area contributed by atoms with Crippen LogP contribution in [0.4, 0.5) is 13.2 Å². The first-order valence-electron chi connectivity index (χ1n) is 10.6. The maximum atomic E-state index is 13.5. The van der Waals surface area contributed by atoms with Crippen LogP contribution in [0.15, 0.2) is 58.6 Å². The second-order valence-corrected chi connectivity index (χ2v) is 9.87. The smallest absolute Gasteiger partial charge is 0.288 e. The van der Waals surface area contributed by atoms with E-state index in [1.165, 1.54) is 23.9 Å². The van der Waals surface area contributed by atoms with Crippen molar-refractivity contribution in [2.24, 2.45) is 0 Å². The molecule has 1 saturated heterocycles. The summed E-state index contributed by atoms with van der Waals surface area (Å²) in [5.74, 6) is -2.32. The average molecular weight is 509 g/mol. The van der Waals surface area contributed by atoms with E-state index in [2.05, 4.69) is 10.2 Å². The predicted molar refractivity (Wildman–Crippen MR) is 126 cm³/mol. The molecule has 1 fully saturated rings. The number of amides is 1. The molecule has 1 aliphatic heterocycles. The first-order chi connectivity index (χ1) is 16.3. The summed E-state index contributed by atoms with van der Waals surface area (Å²) in [5, 5.41) is 9.02. The summed E-state index contributed by atoms with van der Waals surface area (Å²) in [6, 6.07) is 12.4. The van der Waals surface area contributed by atoms with Crippen molar-refractivity contribution in [3.8, 4) is 17.1 Å². The molecule has 4 rings (SSSR count). The molecule has 2 atom stereocenters. The maximum absolute atomic E-state index is 13.5. The number of thioether (sulfide) groups is 2. The molecular formula is C23H23F3N4O2S2. The van der Waals surface area contributed by atoms with Gasteiger partial charge in [-0.25, -0.2) is 4.39 Å². The highest BCUT2D eigenvalue weighted by atomic mass is 32.2. The van der Waals surface area contributed by atoms with Crippen LogP contribution in [0, 0.1) is 5.82 Å². The van der Waals surface area contributed by atoms with Gasteiger partial charge in [-0.2, -0.15) is 8.78 Å². The molecule has 2 unspecified atom stereocenters. The first kappa shape index (κ1) is 24.6. The van der Waals surface area contributed by atoms with E-state index in [9.17, 15) is 18.0 Å². The van der Waals surface area contributed by atoms with Gasteiger partial charge in [0.1, 0.15) is 5.82 Å². The summed E-state index contributed by atoms with van der Waals surface area (Å²) in [5.41, 5.74) is 1.28. The molecule has 34 heavy (non-hydrogen) atoms. The number of hydrogen-bond acceptors (Lipinski definition) is 6. The molecule has 6 nitrogen and oxygen atoms in total. The topological polar surface area (TPSA) is 60.2 Å². The van der Waals surface area contributed by atoms with Crippen LogP contribution in [0.5, 0.6) is 0 Å². The number of halogens is 3. The van der Waals surface area contributed by atoms with Crippen molar-refractivity contribution in [1.29, 1.82) is 0 Å². The Bertz CT molecular complexity index is 1120. The van der Waals surface area contributed by atoms with Crippen LogP contribution in [0.1, 0.15) is 13.8 Å². The third-order valence-corrected chi connectivity index (χ3v) is 6.79. The summed E-state index contributed by atoms with van der Waals surface area (Å²) in [7, 11) is 0. The van der Waals surface area contributed by atoms with Gasteiger partial charge >= 0.3 is 0 Å². The highest BCUT2D eigenvalue weighted by Crippen LogP contribution is 2.31. The van der Waals surface area contributed by atoms with Gasteiger partial charge in [-0.1, -0.05) is 23.5 Å². The van der Waals surface area contributed by atoms with Crippen molar-refractivity contribution in [2.45, 2.75) is 41.9 Å². The number of morpholine rings is 1. The second-order valence-electron chi connectivity index (χ2n) is 7.87. The zero-order valence-electron chi connectivity index (χ0n) is 18.5. The van der Waals surface area contributed by atoms with Crippen LogP contribution in [0.2, 0.25) is 0 Å². The molecule has 0 radical (unpaired) electrons. The van der Waals surface area contributed by atoms with E-state index >= 15 is 0 Å². The summed E-state index contributed by atoms with van der Waals surface area (Å²) < 4.78 is 46.3. The highest BCUT2D eigenvalue weighted by Gasteiger charge is 2.26. The van der Waals surface area contributed by atoms with Gasteiger partial charge in [-0.15, -0.1) is 10.2 Å². The highest BCUT2D eigenvalue weighted by molar-refractivity contribution is 8.00. The Labute approximate surface area is 203 Å². The minimum Gasteiger partial charge on any atom is -0.372 e. The predicted octanol–water partition coefficient (Wildman–Crippen LogP) is 5.12. The van der Waals surface area contributed by atoms with Crippen molar-refractivity contribution < 1.29 is 22.7 Å². The van der Waals surface area contributed by atoms with Gasteiger partial charge in [0.25, 0.3) is 5.76 Å². The van der Waals surface area contributed by atoms with Crippen LogP contribution >= 0.6 is 23.5 Å². The van der Waals surface area contributed by atoms with Crippen molar-refractivity contribution in [3.05, 3.63) is 54.3 Å². The normalized spacial score (nSPS) is 18.5. The number of alkyl halides is 2. The van der Waals surface area contributed by atoms with Crippen LogP contribution in [0.25, 0.3) is 17.1 Å². The van der Waals surface area contributed by atoms with E-state index in [4.69, 9.17) is 4.74 Å². The van der Waals surface area contributed by atoms with E-state index < -0.39 is 5.76 Å². The van der Waals surface area contributed by atoms with E-state index in [0.29, 0.717) is 52.0 Å². The lowest BCUT2D eigenvalue weighted by molar-refractivity contribution is -0.140. The number of carbonyl (C=O) groups is 1. The molecule has 2 aromatic carbocycles. The molecule has 2 heterocycles. The molecule has 1 aliphatic rings. The molecule has 1 aromatic heterocycles. The lowest BCUT2D eigenvalue weighted by Gasteiger charge is -2.35. The fourth-order valence-electron chi connectivity index (χ4n) is 3.76. The van der Waals surface area contributed by atoms with Crippen molar-refractivity contribution in [3.63, 3.8) is 0 Å². The van der Waals surface area contributed by atoms with Crippen LogP contribution in [-0.2, 0) is 9.53 Å². The second kappa shape index (κ2) is 10.8. The van der Waals surface area contributed by atoms with E-state index in [1.54, 1.807) is 45.9 Å². The van der Waals surface area contributed by atoms with Gasteiger partial charge in [0.15, 0.2) is 11.0 Å². The van der Waals surface area contributed by atoms with Crippen LogP contribution in [0.3, 0.4) is 0 Å². The molecule has 0 N–H and O–H groups in total. The SMILES string of the molecule is CC1CN(C(=O)CSc2nnc(-c3ccc(F)cc3)n2-c2ccc(SC(F)F)cc2)CC(C)O1. The molecule has 0 bridgehead atoms. The Morgan fingerprint density at radius 2 is 1.71 bits per heavy atom. The summed E-state index contributed by atoms with van der Waals surface area (Å²) >= 11 is 1.70. The Morgan fingerprint density at radius 3 is 2.32 bits per heavy atom. The lowest BCUT2D eigenvalue weighted by atomic mass is 10.2. The Hall–Kier alpha value is -2.50. The monoisotopic (exact) mass is 508 g/mol. The van der Waals surface area contributed by atoms with Gasteiger partial charge in [0, 0.05) is 29.2 Å². The van der Waals surface area contributed by atoms with Crippen molar-refractivity contribution in [2.75, 3.05) is 18.8 Å². The summed E-state index contributed by atoms with van der Waals surface area (Å²) in [6.45, 7) is 4.93. The Morgan fingerprint density at radius 1 is 1.06 bits per heavy atom. The largest absolute Gasteiger partial charge is 0.372 e. The quantitative estimate of drug-likeness (QED) is 0.413. The van der Waals surface area contributed by atoms with Crippen LogP contribution in [-0.4, -0.2) is 62.4 Å². The molecule has 0 aliphatic carbocycles. The number of rotatable bonds is 7. The molecule has 180 valence electrons. The van der Waals surface area contributed by atoms with Crippen molar-refractivity contribution >= 4 is 29.4 Å². The molecule has 1 amide bonds. The summed E-state index contributed by atoms with van der Waals surface area (Å²) in [6.07, 6.45) is -0.0629. The van der Waals surface area contributed by atoms with Crippen molar-refractivity contribution in [1.82, 2.24) is 19.7 Å². The molecular weight excluding hydrogens is 485 g/mol. The standard InChI is InChI=1S/C23H23F3N4O2S2/c1-14-11-29(12-15(2)32-14)20(31)13-33-23-28-27-21(16-3-5-17(24)6-4-16)30(23)18-7-9-19(10-8-18)34-22(25)26/h3-10,14-15,22H,11-13H2,1-2H3. The van der Waals surface area contributed by atoms with E-state index in [-0.39, 0.29) is 29.7 Å².